The molecule has 1 aromatic rings. The predicted octanol–water partition coefficient (Wildman–Crippen LogP) is 1.73. The molecule has 21 heavy (non-hydrogen) atoms. The smallest absolute Gasteiger partial charge is 0.333 e. The van der Waals surface area contributed by atoms with Gasteiger partial charge in [-0.15, -0.1) is 12.4 Å². The predicted molar refractivity (Wildman–Crippen MR) is 77.9 cm³/mol. The van der Waals surface area contributed by atoms with E-state index in [1.54, 1.807) is 13.8 Å². The summed E-state index contributed by atoms with van der Waals surface area (Å²) in [7, 11) is 0. The molecule has 1 fully saturated rings. The molecule has 0 radical (unpaired) electrons. The molecule has 8 heteroatoms. The van der Waals surface area contributed by atoms with Crippen molar-refractivity contribution in [1.82, 2.24) is 20.4 Å². The Bertz CT molecular complexity index is 487. The molecule has 2 heterocycles. The summed E-state index contributed by atoms with van der Waals surface area (Å²) in [5, 5.41) is 9.90. The lowest BCUT2D eigenvalue weighted by Gasteiger charge is -2.11. The van der Waals surface area contributed by atoms with Gasteiger partial charge in [0.25, 0.3) is 0 Å². The summed E-state index contributed by atoms with van der Waals surface area (Å²) < 4.78 is 26.1. The third kappa shape index (κ3) is 4.38. The van der Waals surface area contributed by atoms with Crippen LogP contribution in [0.3, 0.4) is 0 Å². The van der Waals surface area contributed by atoms with Crippen LogP contribution in [-0.4, -0.2) is 34.8 Å². The summed E-state index contributed by atoms with van der Waals surface area (Å²) in [6.45, 7) is 2.10. The fourth-order valence-electron chi connectivity index (χ4n) is 2.53. The van der Waals surface area contributed by atoms with Gasteiger partial charge >= 0.3 is 6.55 Å². The molecule has 1 atom stereocenters. The number of hydrogen-bond donors (Lipinski definition) is 2. The molecule has 5 nitrogen and oxygen atoms in total. The van der Waals surface area contributed by atoms with Crippen LogP contribution in [0.15, 0.2) is 0 Å². The normalized spacial score (nSPS) is 17.9. The monoisotopic (exact) mass is 322 g/mol. The Labute approximate surface area is 128 Å². The van der Waals surface area contributed by atoms with Crippen LogP contribution in [0.25, 0.3) is 0 Å². The lowest BCUT2D eigenvalue weighted by molar-refractivity contribution is -0.120. The Hall–Kier alpha value is -1.21. The molecule has 0 saturated carbocycles. The number of carbonyl (C=O) groups excluding carboxylic acids is 1. The van der Waals surface area contributed by atoms with Crippen molar-refractivity contribution in [3.8, 4) is 0 Å². The number of carbonyl (C=O) groups is 1. The second kappa shape index (κ2) is 7.70. The molecule has 1 aromatic heterocycles. The van der Waals surface area contributed by atoms with Crippen LogP contribution >= 0.6 is 12.4 Å². The highest BCUT2D eigenvalue weighted by atomic mass is 35.5. The van der Waals surface area contributed by atoms with Crippen LogP contribution in [0.5, 0.6) is 0 Å². The average Bonchev–Trinajstić information content (AvgIpc) is 2.99. The van der Waals surface area contributed by atoms with Crippen molar-refractivity contribution in [1.29, 1.82) is 0 Å². The minimum absolute atomic E-state index is 0. The maximum absolute atomic E-state index is 12.7. The van der Waals surface area contributed by atoms with Crippen molar-refractivity contribution in [3.63, 3.8) is 0 Å². The fraction of sp³-hybridized carbons (Fsp3) is 0.692. The largest absolute Gasteiger partial charge is 0.354 e. The molecule has 2 rings (SSSR count). The second-order valence-corrected chi connectivity index (χ2v) is 5.15. The molecule has 0 aliphatic carbocycles. The van der Waals surface area contributed by atoms with Crippen LogP contribution in [0.1, 0.15) is 36.3 Å². The standard InChI is InChI=1S/C13H20F2N4O.ClH/c1-8-11(9(2)19(18-8)13(14)15)6-12(20)17-7-10-4-3-5-16-10;/h10,13,16H,3-7H2,1-2H3,(H,17,20);1H. The van der Waals surface area contributed by atoms with Gasteiger partial charge in [0.05, 0.1) is 12.1 Å². The lowest BCUT2D eigenvalue weighted by Crippen LogP contribution is -2.37. The van der Waals surface area contributed by atoms with Crippen molar-refractivity contribution in [2.24, 2.45) is 0 Å². The highest BCUT2D eigenvalue weighted by Gasteiger charge is 2.20. The average molecular weight is 323 g/mol. The molecule has 1 aliphatic heterocycles. The quantitative estimate of drug-likeness (QED) is 0.868. The van der Waals surface area contributed by atoms with Crippen molar-refractivity contribution >= 4 is 18.3 Å². The number of nitrogens with zero attached hydrogens (tertiary/aromatic N) is 2. The van der Waals surface area contributed by atoms with Gasteiger partial charge in [-0.1, -0.05) is 0 Å². The molecule has 120 valence electrons. The van der Waals surface area contributed by atoms with E-state index in [2.05, 4.69) is 15.7 Å². The highest BCUT2D eigenvalue weighted by molar-refractivity contribution is 5.85. The van der Waals surface area contributed by atoms with E-state index >= 15 is 0 Å². The van der Waals surface area contributed by atoms with Gasteiger partial charge in [-0.25, -0.2) is 4.68 Å². The number of aromatic nitrogens is 2. The van der Waals surface area contributed by atoms with Crippen LogP contribution < -0.4 is 10.6 Å². The van der Waals surface area contributed by atoms with Gasteiger partial charge in [0.15, 0.2) is 0 Å². The van der Waals surface area contributed by atoms with Gasteiger partial charge in [-0.2, -0.15) is 13.9 Å². The van der Waals surface area contributed by atoms with Crippen molar-refractivity contribution < 1.29 is 13.6 Å². The van der Waals surface area contributed by atoms with Gasteiger partial charge in [0.1, 0.15) is 0 Å². The molecule has 1 saturated heterocycles. The van der Waals surface area contributed by atoms with Crippen molar-refractivity contribution in [2.75, 3.05) is 13.1 Å². The summed E-state index contributed by atoms with van der Waals surface area (Å²) in [5.41, 5.74) is 1.42. The number of halogens is 3. The van der Waals surface area contributed by atoms with E-state index in [-0.39, 0.29) is 24.7 Å². The first kappa shape index (κ1) is 17.8. The topological polar surface area (TPSA) is 59.0 Å². The number of hydrogen-bond acceptors (Lipinski definition) is 3. The zero-order chi connectivity index (χ0) is 14.7. The van der Waals surface area contributed by atoms with Gasteiger partial charge in [-0.05, 0) is 33.2 Å². The Kier molecular flexibility index (Phi) is 6.54. The van der Waals surface area contributed by atoms with E-state index in [0.29, 0.717) is 34.2 Å². The highest BCUT2D eigenvalue weighted by Crippen LogP contribution is 2.19. The second-order valence-electron chi connectivity index (χ2n) is 5.15. The molecular formula is C13H21ClF2N4O. The number of rotatable bonds is 5. The fourth-order valence-corrected chi connectivity index (χ4v) is 2.53. The Balaban J connectivity index is 0.00000220. The van der Waals surface area contributed by atoms with E-state index in [1.165, 1.54) is 0 Å². The molecule has 1 aliphatic rings. The van der Waals surface area contributed by atoms with Crippen LogP contribution in [0.2, 0.25) is 0 Å². The minimum Gasteiger partial charge on any atom is -0.354 e. The Morgan fingerprint density at radius 1 is 1.52 bits per heavy atom. The number of alkyl halides is 2. The molecule has 2 N–H and O–H groups in total. The molecule has 1 unspecified atom stereocenters. The zero-order valence-electron chi connectivity index (χ0n) is 12.2. The van der Waals surface area contributed by atoms with E-state index in [1.807, 2.05) is 0 Å². The van der Waals surface area contributed by atoms with Crippen LogP contribution in [0.4, 0.5) is 8.78 Å². The number of amides is 1. The van der Waals surface area contributed by atoms with Crippen molar-refractivity contribution in [2.45, 2.75) is 45.7 Å². The first-order valence-corrected chi connectivity index (χ1v) is 6.82. The first-order valence-electron chi connectivity index (χ1n) is 6.82. The van der Waals surface area contributed by atoms with E-state index in [9.17, 15) is 13.6 Å². The van der Waals surface area contributed by atoms with Crippen molar-refractivity contribution in [3.05, 3.63) is 17.0 Å². The molecule has 1 amide bonds. The number of nitrogens with one attached hydrogen (secondary N) is 2. The number of aryl methyl sites for hydroxylation is 1. The SMILES string of the molecule is Cc1nn(C(F)F)c(C)c1CC(=O)NCC1CCCN1.Cl. The third-order valence-electron chi connectivity index (χ3n) is 3.71. The van der Waals surface area contributed by atoms with E-state index < -0.39 is 6.55 Å². The first-order chi connectivity index (χ1) is 9.49. The summed E-state index contributed by atoms with van der Waals surface area (Å²) in [6.07, 6.45) is 2.28. The third-order valence-corrected chi connectivity index (χ3v) is 3.71. The molecule has 0 aromatic carbocycles. The Morgan fingerprint density at radius 2 is 2.24 bits per heavy atom. The van der Waals surface area contributed by atoms with Gasteiger partial charge in [-0.3, -0.25) is 4.79 Å². The summed E-state index contributed by atoms with van der Waals surface area (Å²) in [6, 6.07) is 0.324. The summed E-state index contributed by atoms with van der Waals surface area (Å²) in [4.78, 5) is 11.9. The van der Waals surface area contributed by atoms with E-state index in [0.717, 1.165) is 19.4 Å². The maximum atomic E-state index is 12.7. The minimum atomic E-state index is -2.67. The summed E-state index contributed by atoms with van der Waals surface area (Å²) in [5.74, 6) is -0.154. The Morgan fingerprint density at radius 3 is 2.76 bits per heavy atom. The van der Waals surface area contributed by atoms with E-state index in [4.69, 9.17) is 0 Å². The molecule has 0 spiro atoms. The lowest BCUT2D eigenvalue weighted by atomic mass is 10.1. The molecule has 0 bridgehead atoms. The van der Waals surface area contributed by atoms with Gasteiger partial charge in [0, 0.05) is 23.8 Å². The zero-order valence-corrected chi connectivity index (χ0v) is 13.0. The summed E-state index contributed by atoms with van der Waals surface area (Å²) >= 11 is 0. The van der Waals surface area contributed by atoms with Gasteiger partial charge in [0.2, 0.25) is 5.91 Å². The van der Waals surface area contributed by atoms with Crippen LogP contribution in [-0.2, 0) is 11.2 Å². The molecular weight excluding hydrogens is 302 g/mol. The van der Waals surface area contributed by atoms with Gasteiger partial charge < -0.3 is 10.6 Å². The van der Waals surface area contributed by atoms with Crippen LogP contribution in [0, 0.1) is 13.8 Å². The maximum Gasteiger partial charge on any atom is 0.333 e.